The molecule has 2 aliphatic rings. The van der Waals surface area contributed by atoms with Gasteiger partial charge >= 0.3 is 12.6 Å². The summed E-state index contributed by atoms with van der Waals surface area (Å²) in [6, 6.07) is 3.65. The topological polar surface area (TPSA) is 84.5 Å². The van der Waals surface area contributed by atoms with E-state index in [0.717, 1.165) is 55.7 Å². The van der Waals surface area contributed by atoms with E-state index >= 15 is 0 Å². The molecule has 0 aromatic heterocycles. The van der Waals surface area contributed by atoms with Crippen molar-refractivity contribution in [2.45, 2.75) is 56.5 Å². The molecule has 6 nitrogen and oxygen atoms in total. The molecule has 0 unspecified atom stereocenters. The molecule has 1 aromatic rings. The first-order chi connectivity index (χ1) is 14.3. The third-order valence-corrected chi connectivity index (χ3v) is 6.37. The predicted molar refractivity (Wildman–Crippen MR) is 108 cm³/mol. The summed E-state index contributed by atoms with van der Waals surface area (Å²) >= 11 is 0. The summed E-state index contributed by atoms with van der Waals surface area (Å²) in [5.41, 5.74) is 3.51. The molecule has 0 bridgehead atoms. The number of carbonyl (C=O) groups is 1. The molecule has 162 valence electrons. The summed E-state index contributed by atoms with van der Waals surface area (Å²) in [7, 11) is -4.29. The SMILES string of the molecule is C=C1CCCC/C=C2/CCC/C2=C/1NC(=O)NS(=O)(=O)c1cccc(OC(F)F)c1. The summed E-state index contributed by atoms with van der Waals surface area (Å²) < 4.78 is 56.0. The Morgan fingerprint density at radius 2 is 1.93 bits per heavy atom. The highest BCUT2D eigenvalue weighted by Gasteiger charge is 2.24. The number of nitrogens with one attached hydrogen (secondary N) is 2. The second kappa shape index (κ2) is 9.42. The van der Waals surface area contributed by atoms with Crippen molar-refractivity contribution in [3.8, 4) is 5.75 Å². The number of hydrogen-bond acceptors (Lipinski definition) is 4. The summed E-state index contributed by atoms with van der Waals surface area (Å²) in [6.07, 6.45) is 8.50. The van der Waals surface area contributed by atoms with Crippen LogP contribution in [-0.2, 0) is 10.0 Å². The standard InChI is InChI=1S/C21H24F2N2O4S/c1-14-7-3-2-4-8-15-9-5-12-18(15)19(14)24-21(26)25-30(27,28)17-11-6-10-16(13-17)29-20(22)23/h6,8,10-11,13,20H,1-5,7,9,12H2,(H2,24,25,26)/b15-8-,19-18+. The van der Waals surface area contributed by atoms with Gasteiger partial charge in [-0.15, -0.1) is 0 Å². The van der Waals surface area contributed by atoms with E-state index in [9.17, 15) is 22.0 Å². The average molecular weight is 438 g/mol. The van der Waals surface area contributed by atoms with E-state index in [2.05, 4.69) is 22.7 Å². The van der Waals surface area contributed by atoms with Crippen molar-refractivity contribution in [2.24, 2.45) is 0 Å². The largest absolute Gasteiger partial charge is 0.435 e. The molecule has 2 aliphatic carbocycles. The zero-order chi connectivity index (χ0) is 21.7. The number of allylic oxidation sites excluding steroid dienone is 4. The van der Waals surface area contributed by atoms with E-state index in [1.165, 1.54) is 23.8 Å². The number of sulfonamides is 1. The van der Waals surface area contributed by atoms with Crippen LogP contribution >= 0.6 is 0 Å². The second-order valence-corrected chi connectivity index (χ2v) is 8.88. The minimum absolute atomic E-state index is 0.316. The molecule has 0 spiro atoms. The second-order valence-electron chi connectivity index (χ2n) is 7.20. The van der Waals surface area contributed by atoms with E-state index in [1.807, 2.05) is 4.72 Å². The number of fused-ring (bicyclic) bond motifs is 1. The molecule has 0 heterocycles. The van der Waals surface area contributed by atoms with Crippen LogP contribution in [0.5, 0.6) is 5.75 Å². The Morgan fingerprint density at radius 1 is 1.13 bits per heavy atom. The maximum Gasteiger partial charge on any atom is 0.387 e. The average Bonchev–Trinajstić information content (AvgIpc) is 3.14. The zero-order valence-corrected chi connectivity index (χ0v) is 17.2. The highest BCUT2D eigenvalue weighted by atomic mass is 32.2. The number of carbonyl (C=O) groups excluding carboxylic acids is 1. The van der Waals surface area contributed by atoms with Crippen LogP contribution in [0, 0.1) is 0 Å². The van der Waals surface area contributed by atoms with Gasteiger partial charge in [0.2, 0.25) is 0 Å². The monoisotopic (exact) mass is 438 g/mol. The summed E-state index contributed by atoms with van der Waals surface area (Å²) in [6.45, 7) is 0.994. The minimum Gasteiger partial charge on any atom is -0.435 e. The molecule has 1 fully saturated rings. The van der Waals surface area contributed by atoms with Crippen molar-refractivity contribution in [1.82, 2.24) is 10.0 Å². The number of ether oxygens (including phenoxy) is 1. The molecule has 9 heteroatoms. The number of hydrogen-bond donors (Lipinski definition) is 2. The minimum atomic E-state index is -4.29. The molecule has 0 atom stereocenters. The van der Waals surface area contributed by atoms with Gasteiger partial charge in [0, 0.05) is 11.8 Å². The Hall–Kier alpha value is -2.68. The Bertz CT molecular complexity index is 1000. The highest BCUT2D eigenvalue weighted by molar-refractivity contribution is 7.90. The molecule has 30 heavy (non-hydrogen) atoms. The Labute approximate surface area is 174 Å². The number of urea groups is 1. The molecule has 3 rings (SSSR count). The molecule has 0 aliphatic heterocycles. The Balaban J connectivity index is 1.79. The van der Waals surface area contributed by atoms with Crippen LogP contribution in [0.3, 0.4) is 0 Å². The lowest BCUT2D eigenvalue weighted by molar-refractivity contribution is -0.0500. The summed E-state index contributed by atoms with van der Waals surface area (Å²) in [4.78, 5) is 12.2. The summed E-state index contributed by atoms with van der Waals surface area (Å²) in [5.74, 6) is -0.316. The van der Waals surface area contributed by atoms with Gasteiger partial charge in [0.25, 0.3) is 10.0 Å². The number of halogens is 2. The van der Waals surface area contributed by atoms with Crippen LogP contribution in [0.2, 0.25) is 0 Å². The van der Waals surface area contributed by atoms with Crippen LogP contribution in [0.25, 0.3) is 0 Å². The van der Waals surface area contributed by atoms with Gasteiger partial charge in [-0.25, -0.2) is 17.9 Å². The van der Waals surface area contributed by atoms with Crippen molar-refractivity contribution < 1.29 is 26.7 Å². The number of amides is 2. The third-order valence-electron chi connectivity index (χ3n) is 5.05. The fraction of sp³-hybridized carbons (Fsp3) is 0.381. The van der Waals surface area contributed by atoms with Crippen LogP contribution in [-0.4, -0.2) is 21.1 Å². The highest BCUT2D eigenvalue weighted by Crippen LogP contribution is 2.36. The Kier molecular flexibility index (Phi) is 6.91. The van der Waals surface area contributed by atoms with Crippen molar-refractivity contribution in [3.05, 3.63) is 59.3 Å². The van der Waals surface area contributed by atoms with Crippen LogP contribution < -0.4 is 14.8 Å². The predicted octanol–water partition coefficient (Wildman–Crippen LogP) is 4.77. The third kappa shape index (κ3) is 5.47. The first-order valence-corrected chi connectivity index (χ1v) is 11.2. The van der Waals surface area contributed by atoms with Crippen molar-refractivity contribution >= 4 is 16.1 Å². The molecule has 2 N–H and O–H groups in total. The number of rotatable bonds is 5. The maximum absolute atomic E-state index is 12.5. The smallest absolute Gasteiger partial charge is 0.387 e. The molecular formula is C21H24F2N2O4S. The van der Waals surface area contributed by atoms with Gasteiger partial charge < -0.3 is 10.1 Å². The fourth-order valence-electron chi connectivity index (χ4n) is 3.68. The van der Waals surface area contributed by atoms with Gasteiger partial charge in [0.15, 0.2) is 0 Å². The Morgan fingerprint density at radius 3 is 2.70 bits per heavy atom. The molecule has 1 aromatic carbocycles. The van der Waals surface area contributed by atoms with Gasteiger partial charge in [-0.3, -0.25) is 0 Å². The first-order valence-electron chi connectivity index (χ1n) is 9.75. The van der Waals surface area contributed by atoms with Crippen LogP contribution in [0.1, 0.15) is 44.9 Å². The van der Waals surface area contributed by atoms with Gasteiger partial charge in [-0.2, -0.15) is 8.78 Å². The van der Waals surface area contributed by atoms with E-state index in [0.29, 0.717) is 12.1 Å². The number of alkyl halides is 2. The lowest BCUT2D eigenvalue weighted by Crippen LogP contribution is -2.39. The lowest BCUT2D eigenvalue weighted by atomic mass is 10.0. The van der Waals surface area contributed by atoms with Crippen molar-refractivity contribution in [3.63, 3.8) is 0 Å². The fourth-order valence-corrected chi connectivity index (χ4v) is 4.62. The first kappa shape index (κ1) is 22.0. The van der Waals surface area contributed by atoms with Gasteiger partial charge in [-0.1, -0.05) is 18.7 Å². The normalized spacial score (nSPS) is 21.7. The van der Waals surface area contributed by atoms with Crippen LogP contribution in [0.15, 0.2) is 64.2 Å². The molecule has 0 saturated heterocycles. The number of benzene rings is 1. The molecule has 1 saturated carbocycles. The van der Waals surface area contributed by atoms with E-state index in [-0.39, 0.29) is 10.6 Å². The molecular weight excluding hydrogens is 414 g/mol. The molecule has 0 radical (unpaired) electrons. The van der Waals surface area contributed by atoms with E-state index < -0.39 is 22.7 Å². The maximum atomic E-state index is 12.5. The van der Waals surface area contributed by atoms with Gasteiger partial charge in [-0.05, 0) is 73.8 Å². The van der Waals surface area contributed by atoms with Crippen molar-refractivity contribution in [2.75, 3.05) is 0 Å². The zero-order valence-electron chi connectivity index (χ0n) is 16.4. The lowest BCUT2D eigenvalue weighted by Gasteiger charge is -2.17. The van der Waals surface area contributed by atoms with Crippen molar-refractivity contribution in [1.29, 1.82) is 0 Å². The van der Waals surface area contributed by atoms with Gasteiger partial charge in [0.1, 0.15) is 5.75 Å². The summed E-state index contributed by atoms with van der Waals surface area (Å²) in [5, 5.41) is 2.67. The van der Waals surface area contributed by atoms with Crippen LogP contribution in [0.4, 0.5) is 13.6 Å². The van der Waals surface area contributed by atoms with E-state index in [4.69, 9.17) is 0 Å². The quantitative estimate of drug-likeness (QED) is 0.694. The van der Waals surface area contributed by atoms with Gasteiger partial charge in [0.05, 0.1) is 4.90 Å². The van der Waals surface area contributed by atoms with E-state index in [1.54, 1.807) is 0 Å². The molecule has 2 amide bonds.